The molecule has 0 aliphatic rings. The van der Waals surface area contributed by atoms with Crippen molar-refractivity contribution in [1.82, 2.24) is 0 Å². The second-order valence-corrected chi connectivity index (χ2v) is 2.84. The molecule has 0 bridgehead atoms. The largest absolute Gasteiger partial charge is 0.160 e. The fraction of sp³-hybridized carbons (Fsp3) is 0.556. The van der Waals surface area contributed by atoms with Crippen molar-refractivity contribution in [2.45, 2.75) is 27.7 Å². The quantitative estimate of drug-likeness (QED) is 0.439. The van der Waals surface area contributed by atoms with Crippen molar-refractivity contribution in [2.24, 2.45) is 16.1 Å². The molecule has 0 saturated heterocycles. The van der Waals surface area contributed by atoms with E-state index in [1.807, 2.05) is 13.8 Å². The molecule has 0 atom stereocenters. The van der Waals surface area contributed by atoms with Gasteiger partial charge in [-0.2, -0.15) is 10.2 Å². The number of allylic oxidation sites excluding steroid dienone is 1. The Balaban J connectivity index is 4.22. The summed E-state index contributed by atoms with van der Waals surface area (Å²) < 4.78 is 0. The predicted molar refractivity (Wildman–Crippen MR) is 51.3 cm³/mol. The van der Waals surface area contributed by atoms with Crippen LogP contribution in [0.3, 0.4) is 0 Å². The van der Waals surface area contributed by atoms with E-state index in [9.17, 15) is 0 Å². The Kier molecular flexibility index (Phi) is 4.42. The minimum absolute atomic E-state index is 0.469. The van der Waals surface area contributed by atoms with E-state index < -0.39 is 0 Å². The van der Waals surface area contributed by atoms with Crippen LogP contribution in [0.2, 0.25) is 0 Å². The van der Waals surface area contributed by atoms with Crippen molar-refractivity contribution in [2.75, 3.05) is 0 Å². The van der Waals surface area contributed by atoms with E-state index in [0.29, 0.717) is 5.92 Å². The van der Waals surface area contributed by atoms with Gasteiger partial charge < -0.3 is 0 Å². The molecule has 0 aliphatic heterocycles. The Morgan fingerprint density at radius 2 is 1.82 bits per heavy atom. The normalized spacial score (nSPS) is 13.9. The van der Waals surface area contributed by atoms with Crippen LogP contribution in [0.4, 0.5) is 0 Å². The second kappa shape index (κ2) is 4.83. The van der Waals surface area contributed by atoms with Gasteiger partial charge in [0, 0.05) is 5.71 Å². The van der Waals surface area contributed by atoms with E-state index >= 15 is 0 Å². The summed E-state index contributed by atoms with van der Waals surface area (Å²) >= 11 is 0. The standard InChI is InChI=1S/C9H16N2/c1-6-8(4)10-11-9(5)7(2)3/h6-7H,1H2,2-5H3/b10-8-,11-9+. The van der Waals surface area contributed by atoms with Crippen LogP contribution in [0.1, 0.15) is 27.7 Å². The van der Waals surface area contributed by atoms with Gasteiger partial charge >= 0.3 is 0 Å². The highest BCUT2D eigenvalue weighted by atomic mass is 15.2. The van der Waals surface area contributed by atoms with Crippen LogP contribution in [0.15, 0.2) is 22.9 Å². The Labute approximate surface area is 68.7 Å². The number of hydrogen-bond donors (Lipinski definition) is 0. The molecule has 2 nitrogen and oxygen atoms in total. The molecule has 0 N–H and O–H groups in total. The third kappa shape index (κ3) is 4.48. The van der Waals surface area contributed by atoms with Crippen LogP contribution in [0.25, 0.3) is 0 Å². The fourth-order valence-electron chi connectivity index (χ4n) is 0.314. The monoisotopic (exact) mass is 152 g/mol. The molecule has 0 saturated carbocycles. The first-order valence-electron chi connectivity index (χ1n) is 3.79. The van der Waals surface area contributed by atoms with E-state index in [-0.39, 0.29) is 0 Å². The molecule has 0 spiro atoms. The smallest absolute Gasteiger partial charge is 0.0593 e. The Morgan fingerprint density at radius 3 is 2.18 bits per heavy atom. The fourth-order valence-corrected chi connectivity index (χ4v) is 0.314. The Bertz CT molecular complexity index is 188. The zero-order valence-electron chi connectivity index (χ0n) is 7.76. The second-order valence-electron chi connectivity index (χ2n) is 2.84. The van der Waals surface area contributed by atoms with Crippen molar-refractivity contribution in [3.05, 3.63) is 12.7 Å². The summed E-state index contributed by atoms with van der Waals surface area (Å²) in [5.41, 5.74) is 1.90. The highest BCUT2D eigenvalue weighted by molar-refractivity contribution is 5.93. The number of rotatable bonds is 3. The lowest BCUT2D eigenvalue weighted by atomic mass is 10.1. The zero-order chi connectivity index (χ0) is 8.85. The van der Waals surface area contributed by atoms with E-state index in [0.717, 1.165) is 11.4 Å². The molecule has 11 heavy (non-hydrogen) atoms. The van der Waals surface area contributed by atoms with Crippen LogP contribution < -0.4 is 0 Å². The summed E-state index contributed by atoms with van der Waals surface area (Å²) in [7, 11) is 0. The van der Waals surface area contributed by atoms with Gasteiger partial charge in [-0.15, -0.1) is 0 Å². The lowest BCUT2D eigenvalue weighted by Crippen LogP contribution is -2.00. The van der Waals surface area contributed by atoms with Crippen molar-refractivity contribution in [3.8, 4) is 0 Å². The number of nitrogens with zero attached hydrogens (tertiary/aromatic N) is 2. The lowest BCUT2D eigenvalue weighted by molar-refractivity contribution is 0.869. The summed E-state index contributed by atoms with van der Waals surface area (Å²) in [6.45, 7) is 11.6. The average Bonchev–Trinajstić information content (AvgIpc) is 1.99. The van der Waals surface area contributed by atoms with Crippen LogP contribution in [0, 0.1) is 5.92 Å². The van der Waals surface area contributed by atoms with Crippen molar-refractivity contribution in [3.63, 3.8) is 0 Å². The molecule has 0 amide bonds. The van der Waals surface area contributed by atoms with Gasteiger partial charge in [0.15, 0.2) is 0 Å². The van der Waals surface area contributed by atoms with Gasteiger partial charge in [0.25, 0.3) is 0 Å². The van der Waals surface area contributed by atoms with Crippen molar-refractivity contribution < 1.29 is 0 Å². The topological polar surface area (TPSA) is 24.7 Å². The maximum Gasteiger partial charge on any atom is 0.0593 e. The van der Waals surface area contributed by atoms with Gasteiger partial charge in [-0.05, 0) is 25.8 Å². The molecule has 2 heteroatoms. The molecule has 0 aromatic carbocycles. The van der Waals surface area contributed by atoms with E-state index in [4.69, 9.17) is 0 Å². The molecule has 0 aromatic rings. The van der Waals surface area contributed by atoms with Crippen molar-refractivity contribution >= 4 is 11.4 Å². The van der Waals surface area contributed by atoms with Gasteiger partial charge in [0.2, 0.25) is 0 Å². The summed E-state index contributed by atoms with van der Waals surface area (Å²) in [4.78, 5) is 0. The highest BCUT2D eigenvalue weighted by Crippen LogP contribution is 1.96. The SMILES string of the molecule is C=C/C(C)=N\N=C(/C)C(C)C. The summed E-state index contributed by atoms with van der Waals surface area (Å²) in [6.07, 6.45) is 1.69. The van der Waals surface area contributed by atoms with Crippen LogP contribution in [-0.2, 0) is 0 Å². The minimum atomic E-state index is 0.469. The first-order chi connectivity index (χ1) is 5.07. The minimum Gasteiger partial charge on any atom is -0.160 e. The Hall–Kier alpha value is -0.920. The van der Waals surface area contributed by atoms with Gasteiger partial charge in [-0.1, -0.05) is 20.4 Å². The number of hydrogen-bond acceptors (Lipinski definition) is 2. The van der Waals surface area contributed by atoms with Crippen LogP contribution >= 0.6 is 0 Å². The predicted octanol–water partition coefficient (Wildman–Crippen LogP) is 2.67. The molecule has 0 unspecified atom stereocenters. The molecular weight excluding hydrogens is 136 g/mol. The third-order valence-electron chi connectivity index (χ3n) is 1.50. The van der Waals surface area contributed by atoms with Crippen molar-refractivity contribution in [1.29, 1.82) is 0 Å². The highest BCUT2D eigenvalue weighted by Gasteiger charge is 1.95. The first-order valence-corrected chi connectivity index (χ1v) is 3.79. The maximum absolute atomic E-state index is 4.03. The molecule has 0 rings (SSSR count). The van der Waals surface area contributed by atoms with E-state index in [1.54, 1.807) is 6.08 Å². The van der Waals surface area contributed by atoms with Gasteiger partial charge in [0.05, 0.1) is 5.71 Å². The van der Waals surface area contributed by atoms with E-state index in [2.05, 4.69) is 30.6 Å². The molecule has 0 heterocycles. The average molecular weight is 152 g/mol. The third-order valence-corrected chi connectivity index (χ3v) is 1.50. The zero-order valence-corrected chi connectivity index (χ0v) is 7.76. The summed E-state index contributed by atoms with van der Waals surface area (Å²) in [6, 6.07) is 0. The molecule has 0 radical (unpaired) electrons. The molecule has 0 fully saturated rings. The summed E-state index contributed by atoms with van der Waals surface area (Å²) in [5, 5.41) is 7.98. The maximum atomic E-state index is 4.03. The molecule has 0 aromatic heterocycles. The lowest BCUT2D eigenvalue weighted by Gasteiger charge is -1.99. The van der Waals surface area contributed by atoms with Gasteiger partial charge in [-0.3, -0.25) is 0 Å². The van der Waals surface area contributed by atoms with Crippen LogP contribution in [-0.4, -0.2) is 11.4 Å². The first kappa shape index (κ1) is 10.1. The Morgan fingerprint density at radius 1 is 1.27 bits per heavy atom. The van der Waals surface area contributed by atoms with Gasteiger partial charge in [-0.25, -0.2) is 0 Å². The van der Waals surface area contributed by atoms with Crippen LogP contribution in [0.5, 0.6) is 0 Å². The summed E-state index contributed by atoms with van der Waals surface area (Å²) in [5.74, 6) is 0.469. The molecule has 62 valence electrons. The molecular formula is C9H16N2. The van der Waals surface area contributed by atoms with E-state index in [1.165, 1.54) is 0 Å². The molecule has 0 aliphatic carbocycles. The van der Waals surface area contributed by atoms with Gasteiger partial charge in [0.1, 0.15) is 0 Å².